The quantitative estimate of drug-likeness (QED) is 0.694. The molecule has 0 unspecified atom stereocenters. The number of aromatic carboxylic acids is 1. The molecule has 3 N–H and O–H groups in total. The van der Waals surface area contributed by atoms with Crippen molar-refractivity contribution in [2.45, 2.75) is 6.92 Å². The van der Waals surface area contributed by atoms with Crippen molar-refractivity contribution in [3.8, 4) is 5.75 Å². The normalized spacial score (nSPS) is 10.1. The summed E-state index contributed by atoms with van der Waals surface area (Å²) in [6, 6.07) is 6.17. The fourth-order valence-corrected chi connectivity index (χ4v) is 1.66. The third-order valence-electron chi connectivity index (χ3n) is 2.66. The lowest BCUT2D eigenvalue weighted by Gasteiger charge is -2.07. The van der Waals surface area contributed by atoms with Crippen LogP contribution in [0.5, 0.6) is 5.75 Å². The number of aryl methyl sites for hydroxylation is 1. The van der Waals surface area contributed by atoms with Gasteiger partial charge in [-0.3, -0.25) is 4.79 Å². The van der Waals surface area contributed by atoms with Gasteiger partial charge in [0.1, 0.15) is 12.4 Å². The number of rotatable bonds is 6. The summed E-state index contributed by atoms with van der Waals surface area (Å²) < 4.78 is 5.38. The molecule has 0 saturated carbocycles. The first-order valence-electron chi connectivity index (χ1n) is 6.32. The Balaban J connectivity index is 1.78. The molecule has 0 aliphatic rings. The van der Waals surface area contributed by atoms with Crippen molar-refractivity contribution in [1.82, 2.24) is 15.3 Å². The molecule has 7 nitrogen and oxygen atoms in total. The number of aromatic amines is 1. The second kappa shape index (κ2) is 6.56. The van der Waals surface area contributed by atoms with E-state index in [1.807, 2.05) is 6.92 Å². The molecule has 110 valence electrons. The molecule has 1 aromatic heterocycles. The highest BCUT2D eigenvalue weighted by Gasteiger charge is 2.08. The minimum atomic E-state index is -1.01. The van der Waals surface area contributed by atoms with Crippen LogP contribution in [0.25, 0.3) is 0 Å². The van der Waals surface area contributed by atoms with Crippen LogP contribution < -0.4 is 10.1 Å². The van der Waals surface area contributed by atoms with E-state index in [0.29, 0.717) is 5.75 Å². The van der Waals surface area contributed by atoms with Crippen LogP contribution in [0.15, 0.2) is 30.5 Å². The van der Waals surface area contributed by atoms with Gasteiger partial charge in [-0.1, -0.05) is 6.07 Å². The first kappa shape index (κ1) is 14.6. The number of aromatic nitrogens is 2. The van der Waals surface area contributed by atoms with Crippen LogP contribution in [0.3, 0.4) is 0 Å². The second-order valence-electron chi connectivity index (χ2n) is 4.35. The summed E-state index contributed by atoms with van der Waals surface area (Å²) in [7, 11) is 0. The van der Waals surface area contributed by atoms with E-state index in [4.69, 9.17) is 9.84 Å². The molecule has 1 aromatic carbocycles. The molecule has 0 fully saturated rings. The SMILES string of the molecule is Cc1cnc(C(=O)NCCOc2cccc(C(=O)O)c2)[nH]1. The summed E-state index contributed by atoms with van der Waals surface area (Å²) >= 11 is 0. The Labute approximate surface area is 121 Å². The van der Waals surface area contributed by atoms with E-state index in [2.05, 4.69) is 15.3 Å². The maximum Gasteiger partial charge on any atom is 0.335 e. The monoisotopic (exact) mass is 289 g/mol. The van der Waals surface area contributed by atoms with E-state index >= 15 is 0 Å². The third-order valence-corrected chi connectivity index (χ3v) is 2.66. The van der Waals surface area contributed by atoms with Crippen molar-refractivity contribution in [2.75, 3.05) is 13.2 Å². The highest BCUT2D eigenvalue weighted by atomic mass is 16.5. The highest BCUT2D eigenvalue weighted by molar-refractivity contribution is 5.90. The molecule has 0 aliphatic carbocycles. The number of carboxylic acids is 1. The van der Waals surface area contributed by atoms with E-state index in [1.54, 1.807) is 18.3 Å². The van der Waals surface area contributed by atoms with Gasteiger partial charge in [0.15, 0.2) is 5.82 Å². The number of benzene rings is 1. The van der Waals surface area contributed by atoms with Crippen molar-refractivity contribution >= 4 is 11.9 Å². The number of hydrogen-bond acceptors (Lipinski definition) is 4. The summed E-state index contributed by atoms with van der Waals surface area (Å²) in [6.45, 7) is 2.33. The third kappa shape index (κ3) is 4.07. The predicted octanol–water partition coefficient (Wildman–Crippen LogP) is 1.23. The molecule has 21 heavy (non-hydrogen) atoms. The van der Waals surface area contributed by atoms with Gasteiger partial charge in [0.25, 0.3) is 5.91 Å². The molecule has 1 heterocycles. The maximum absolute atomic E-state index is 11.7. The minimum absolute atomic E-state index is 0.155. The number of imidazole rings is 1. The number of carbonyl (C=O) groups excluding carboxylic acids is 1. The van der Waals surface area contributed by atoms with Gasteiger partial charge < -0.3 is 20.1 Å². The zero-order valence-corrected chi connectivity index (χ0v) is 11.4. The molecule has 0 spiro atoms. The van der Waals surface area contributed by atoms with E-state index in [1.165, 1.54) is 12.1 Å². The van der Waals surface area contributed by atoms with Crippen molar-refractivity contribution in [1.29, 1.82) is 0 Å². The van der Waals surface area contributed by atoms with E-state index in [9.17, 15) is 9.59 Å². The molecule has 1 amide bonds. The van der Waals surface area contributed by atoms with E-state index in [-0.39, 0.29) is 30.4 Å². The lowest BCUT2D eigenvalue weighted by molar-refractivity contribution is 0.0696. The smallest absolute Gasteiger partial charge is 0.335 e. The standard InChI is InChI=1S/C14H15N3O4/c1-9-8-16-12(17-9)13(18)15-5-6-21-11-4-2-3-10(7-11)14(19)20/h2-4,7-8H,5-6H2,1H3,(H,15,18)(H,16,17)(H,19,20). The summed E-state index contributed by atoms with van der Waals surface area (Å²) in [5, 5.41) is 11.5. The predicted molar refractivity (Wildman–Crippen MR) is 74.6 cm³/mol. The molecule has 0 atom stereocenters. The molecule has 0 aliphatic heterocycles. The maximum atomic E-state index is 11.7. The number of ether oxygens (including phenoxy) is 1. The summed E-state index contributed by atoms with van der Waals surface area (Å²) in [4.78, 5) is 29.2. The van der Waals surface area contributed by atoms with Crippen LogP contribution >= 0.6 is 0 Å². The topological polar surface area (TPSA) is 104 Å². The fourth-order valence-electron chi connectivity index (χ4n) is 1.66. The molecule has 2 rings (SSSR count). The first-order valence-corrected chi connectivity index (χ1v) is 6.32. The average Bonchev–Trinajstić information content (AvgIpc) is 2.90. The lowest BCUT2D eigenvalue weighted by Crippen LogP contribution is -2.28. The second-order valence-corrected chi connectivity index (χ2v) is 4.35. The van der Waals surface area contributed by atoms with Crippen LogP contribution in [-0.2, 0) is 0 Å². The van der Waals surface area contributed by atoms with Gasteiger partial charge in [-0.2, -0.15) is 0 Å². The lowest BCUT2D eigenvalue weighted by atomic mass is 10.2. The first-order chi connectivity index (χ1) is 10.1. The Hall–Kier alpha value is -2.83. The van der Waals surface area contributed by atoms with E-state index < -0.39 is 5.97 Å². The van der Waals surface area contributed by atoms with Gasteiger partial charge in [0.05, 0.1) is 12.1 Å². The Morgan fingerprint density at radius 1 is 1.43 bits per heavy atom. The van der Waals surface area contributed by atoms with E-state index in [0.717, 1.165) is 5.69 Å². The van der Waals surface area contributed by atoms with Crippen LogP contribution in [0.4, 0.5) is 0 Å². The molecule has 7 heteroatoms. The van der Waals surface area contributed by atoms with Gasteiger partial charge in [0, 0.05) is 11.9 Å². The van der Waals surface area contributed by atoms with Gasteiger partial charge >= 0.3 is 5.97 Å². The summed E-state index contributed by atoms with van der Waals surface area (Å²) in [5.74, 6) is -0.633. The van der Waals surface area contributed by atoms with Gasteiger partial charge in [-0.25, -0.2) is 9.78 Å². The van der Waals surface area contributed by atoms with Crippen molar-refractivity contribution < 1.29 is 19.4 Å². The largest absolute Gasteiger partial charge is 0.492 e. The molecule has 0 bridgehead atoms. The van der Waals surface area contributed by atoms with Crippen LogP contribution in [0.2, 0.25) is 0 Å². The summed E-state index contributed by atoms with van der Waals surface area (Å²) in [5.41, 5.74) is 0.962. The van der Waals surface area contributed by atoms with Gasteiger partial charge in [-0.15, -0.1) is 0 Å². The van der Waals surface area contributed by atoms with Crippen molar-refractivity contribution in [3.05, 3.63) is 47.5 Å². The number of nitrogens with zero attached hydrogens (tertiary/aromatic N) is 1. The molecule has 0 saturated heterocycles. The molecule has 2 aromatic rings. The summed E-state index contributed by atoms with van der Waals surface area (Å²) in [6.07, 6.45) is 1.57. The van der Waals surface area contributed by atoms with Crippen molar-refractivity contribution in [2.24, 2.45) is 0 Å². The number of H-pyrrole nitrogens is 1. The van der Waals surface area contributed by atoms with Crippen LogP contribution in [0, 0.1) is 6.92 Å². The number of amides is 1. The van der Waals surface area contributed by atoms with Crippen LogP contribution in [0.1, 0.15) is 26.7 Å². The Morgan fingerprint density at radius 2 is 2.24 bits per heavy atom. The van der Waals surface area contributed by atoms with Gasteiger partial charge in [-0.05, 0) is 25.1 Å². The molecular formula is C14H15N3O4. The van der Waals surface area contributed by atoms with Crippen molar-refractivity contribution in [3.63, 3.8) is 0 Å². The fraction of sp³-hybridized carbons (Fsp3) is 0.214. The minimum Gasteiger partial charge on any atom is -0.492 e. The number of carboxylic acid groups (broad SMARTS) is 1. The highest BCUT2D eigenvalue weighted by Crippen LogP contribution is 2.12. The zero-order chi connectivity index (χ0) is 15.2. The molecular weight excluding hydrogens is 274 g/mol. The zero-order valence-electron chi connectivity index (χ0n) is 11.4. The Bertz CT molecular complexity index is 651. The van der Waals surface area contributed by atoms with Crippen LogP contribution in [-0.4, -0.2) is 40.1 Å². The average molecular weight is 289 g/mol. The Kier molecular flexibility index (Phi) is 4.55. The van der Waals surface area contributed by atoms with Gasteiger partial charge in [0.2, 0.25) is 0 Å². The number of hydrogen-bond donors (Lipinski definition) is 3. The number of carbonyl (C=O) groups is 2. The molecule has 0 radical (unpaired) electrons. The Morgan fingerprint density at radius 3 is 2.90 bits per heavy atom. The number of nitrogens with one attached hydrogen (secondary N) is 2.